The Morgan fingerprint density at radius 2 is 1.94 bits per heavy atom. The predicted molar refractivity (Wildman–Crippen MR) is 78.5 cm³/mol. The van der Waals surface area contributed by atoms with Gasteiger partial charge in [-0.2, -0.15) is 0 Å². The van der Waals surface area contributed by atoms with Crippen LogP contribution in [0.25, 0.3) is 11.0 Å². The molecular formula is C11H18Cl2N4. The second-order valence-corrected chi connectivity index (χ2v) is 4.04. The number of hydrogen-bond donors (Lipinski definition) is 2. The van der Waals surface area contributed by atoms with Gasteiger partial charge in [-0.1, -0.05) is 0 Å². The number of anilines is 2. The van der Waals surface area contributed by atoms with Crippen LogP contribution in [-0.2, 0) is 0 Å². The van der Waals surface area contributed by atoms with E-state index >= 15 is 0 Å². The number of imidazole rings is 1. The molecule has 0 saturated carbocycles. The lowest BCUT2D eigenvalue weighted by molar-refractivity contribution is 0.736. The van der Waals surface area contributed by atoms with Gasteiger partial charge in [0.15, 0.2) is 0 Å². The molecule has 0 amide bonds. The monoisotopic (exact) mass is 276 g/mol. The Morgan fingerprint density at radius 3 is 2.53 bits per heavy atom. The molecule has 0 spiro atoms. The molecule has 0 radical (unpaired) electrons. The first-order valence-electron chi connectivity index (χ1n) is 5.06. The highest BCUT2D eigenvalue weighted by molar-refractivity contribution is 5.85. The number of hydrogen-bond acceptors (Lipinski definition) is 3. The second-order valence-electron chi connectivity index (χ2n) is 4.04. The molecule has 17 heavy (non-hydrogen) atoms. The minimum absolute atomic E-state index is 0. The van der Waals surface area contributed by atoms with Gasteiger partial charge in [-0.25, -0.2) is 4.98 Å². The van der Waals surface area contributed by atoms with Gasteiger partial charge < -0.3 is 15.6 Å². The fourth-order valence-corrected chi connectivity index (χ4v) is 1.43. The third kappa shape index (κ3) is 3.17. The number of nitrogen functional groups attached to an aromatic ring is 1. The number of aromatic amines is 1. The summed E-state index contributed by atoms with van der Waals surface area (Å²) < 4.78 is 0. The zero-order chi connectivity index (χ0) is 11.0. The number of benzene rings is 1. The van der Waals surface area contributed by atoms with Crippen molar-refractivity contribution in [3.8, 4) is 0 Å². The molecule has 0 fully saturated rings. The summed E-state index contributed by atoms with van der Waals surface area (Å²) in [6.07, 6.45) is 0. The molecule has 0 aliphatic carbocycles. The highest BCUT2D eigenvalue weighted by atomic mass is 35.5. The molecule has 0 aliphatic rings. The molecular weight excluding hydrogens is 259 g/mol. The van der Waals surface area contributed by atoms with Crippen LogP contribution in [0.5, 0.6) is 0 Å². The van der Waals surface area contributed by atoms with Crippen molar-refractivity contribution in [1.29, 1.82) is 0 Å². The van der Waals surface area contributed by atoms with Crippen LogP contribution >= 0.6 is 24.8 Å². The van der Waals surface area contributed by atoms with Crippen LogP contribution < -0.4 is 10.6 Å². The van der Waals surface area contributed by atoms with E-state index in [1.165, 1.54) is 0 Å². The van der Waals surface area contributed by atoms with Crippen LogP contribution in [0.1, 0.15) is 13.8 Å². The Bertz CT molecular complexity index is 481. The molecule has 1 heterocycles. The maximum atomic E-state index is 5.71. The van der Waals surface area contributed by atoms with E-state index < -0.39 is 0 Å². The molecule has 4 nitrogen and oxygen atoms in total. The van der Waals surface area contributed by atoms with Gasteiger partial charge in [0.25, 0.3) is 0 Å². The van der Waals surface area contributed by atoms with E-state index in [-0.39, 0.29) is 24.8 Å². The number of nitrogens with two attached hydrogens (primary N) is 1. The van der Waals surface area contributed by atoms with Crippen molar-refractivity contribution in [3.63, 3.8) is 0 Å². The van der Waals surface area contributed by atoms with Gasteiger partial charge in [0.2, 0.25) is 5.95 Å². The zero-order valence-electron chi connectivity index (χ0n) is 10.1. The van der Waals surface area contributed by atoms with Crippen LogP contribution in [0.3, 0.4) is 0 Å². The van der Waals surface area contributed by atoms with Gasteiger partial charge >= 0.3 is 0 Å². The molecule has 96 valence electrons. The van der Waals surface area contributed by atoms with Crippen LogP contribution in [0.15, 0.2) is 18.2 Å². The number of nitrogens with zero attached hydrogens (tertiary/aromatic N) is 2. The number of aromatic nitrogens is 2. The van der Waals surface area contributed by atoms with Crippen LogP contribution in [0, 0.1) is 0 Å². The highest BCUT2D eigenvalue weighted by Gasteiger charge is 2.09. The van der Waals surface area contributed by atoms with Crippen molar-refractivity contribution < 1.29 is 0 Å². The summed E-state index contributed by atoms with van der Waals surface area (Å²) >= 11 is 0. The number of rotatable bonds is 2. The second kappa shape index (κ2) is 5.98. The molecule has 0 atom stereocenters. The first-order valence-corrected chi connectivity index (χ1v) is 5.06. The summed E-state index contributed by atoms with van der Waals surface area (Å²) in [5, 5.41) is 0. The molecule has 2 aromatic rings. The van der Waals surface area contributed by atoms with Crippen LogP contribution in [-0.4, -0.2) is 23.1 Å². The van der Waals surface area contributed by atoms with E-state index in [2.05, 4.69) is 28.7 Å². The van der Waals surface area contributed by atoms with E-state index in [0.717, 1.165) is 22.7 Å². The van der Waals surface area contributed by atoms with Gasteiger partial charge in [0.1, 0.15) is 0 Å². The molecule has 0 aliphatic heterocycles. The van der Waals surface area contributed by atoms with Crippen molar-refractivity contribution in [1.82, 2.24) is 9.97 Å². The summed E-state index contributed by atoms with van der Waals surface area (Å²) in [5.74, 6) is 0.880. The average molecular weight is 277 g/mol. The smallest absolute Gasteiger partial charge is 0.203 e. The Hall–Kier alpha value is -1.13. The van der Waals surface area contributed by atoms with E-state index in [4.69, 9.17) is 5.73 Å². The fourth-order valence-electron chi connectivity index (χ4n) is 1.43. The maximum absolute atomic E-state index is 5.71. The van der Waals surface area contributed by atoms with Gasteiger partial charge in [0, 0.05) is 18.8 Å². The van der Waals surface area contributed by atoms with Crippen molar-refractivity contribution >= 4 is 47.5 Å². The van der Waals surface area contributed by atoms with Crippen molar-refractivity contribution in [2.45, 2.75) is 19.9 Å². The minimum atomic E-state index is 0. The molecule has 0 bridgehead atoms. The summed E-state index contributed by atoms with van der Waals surface area (Å²) in [4.78, 5) is 9.84. The topological polar surface area (TPSA) is 57.9 Å². The third-order valence-electron chi connectivity index (χ3n) is 2.60. The number of fused-ring (bicyclic) bond motifs is 1. The van der Waals surface area contributed by atoms with E-state index in [9.17, 15) is 0 Å². The largest absolute Gasteiger partial charge is 0.399 e. The van der Waals surface area contributed by atoms with Gasteiger partial charge in [0.05, 0.1) is 11.0 Å². The number of H-pyrrole nitrogens is 1. The number of halogens is 2. The lowest BCUT2D eigenvalue weighted by atomic mass is 10.3. The quantitative estimate of drug-likeness (QED) is 0.830. The first-order chi connectivity index (χ1) is 7.08. The first kappa shape index (κ1) is 15.9. The molecule has 1 aromatic carbocycles. The van der Waals surface area contributed by atoms with E-state index in [0.29, 0.717) is 6.04 Å². The summed E-state index contributed by atoms with van der Waals surface area (Å²) in [6, 6.07) is 6.11. The van der Waals surface area contributed by atoms with E-state index in [1.54, 1.807) is 0 Å². The Morgan fingerprint density at radius 1 is 1.29 bits per heavy atom. The lowest BCUT2D eigenvalue weighted by Gasteiger charge is -2.19. The Balaban J connectivity index is 0.00000128. The molecule has 2 rings (SSSR count). The average Bonchev–Trinajstić information content (AvgIpc) is 2.58. The number of nitrogens with one attached hydrogen (secondary N) is 1. The summed E-state index contributed by atoms with van der Waals surface area (Å²) in [5.41, 5.74) is 8.40. The Kier molecular flexibility index (Phi) is 5.58. The van der Waals surface area contributed by atoms with Gasteiger partial charge in [-0.3, -0.25) is 0 Å². The molecule has 1 aromatic heterocycles. The highest BCUT2D eigenvalue weighted by Crippen LogP contribution is 2.19. The molecule has 3 N–H and O–H groups in total. The van der Waals surface area contributed by atoms with Crippen LogP contribution in [0.4, 0.5) is 11.6 Å². The zero-order valence-corrected chi connectivity index (χ0v) is 11.7. The minimum Gasteiger partial charge on any atom is -0.399 e. The molecule has 0 saturated heterocycles. The Labute approximate surface area is 113 Å². The third-order valence-corrected chi connectivity index (χ3v) is 2.60. The SMILES string of the molecule is CC(C)N(C)c1nc2ccc(N)cc2[nH]1.Cl.Cl. The summed E-state index contributed by atoms with van der Waals surface area (Å²) in [7, 11) is 2.02. The standard InChI is InChI=1S/C11H16N4.2ClH/c1-7(2)15(3)11-13-9-5-4-8(12)6-10(9)14-11;;/h4-7H,12H2,1-3H3,(H,13,14);2*1H. The molecule has 0 unspecified atom stereocenters. The van der Waals surface area contributed by atoms with Crippen molar-refractivity contribution in [2.24, 2.45) is 0 Å². The van der Waals surface area contributed by atoms with Gasteiger partial charge in [-0.15, -0.1) is 24.8 Å². The fraction of sp³-hybridized carbons (Fsp3) is 0.364. The van der Waals surface area contributed by atoms with Crippen molar-refractivity contribution in [2.75, 3.05) is 17.7 Å². The van der Waals surface area contributed by atoms with Crippen LogP contribution in [0.2, 0.25) is 0 Å². The maximum Gasteiger partial charge on any atom is 0.203 e. The van der Waals surface area contributed by atoms with E-state index in [1.807, 2.05) is 25.2 Å². The summed E-state index contributed by atoms with van der Waals surface area (Å²) in [6.45, 7) is 4.25. The van der Waals surface area contributed by atoms with Crippen molar-refractivity contribution in [3.05, 3.63) is 18.2 Å². The normalized spacial score (nSPS) is 9.88. The van der Waals surface area contributed by atoms with Gasteiger partial charge in [-0.05, 0) is 32.0 Å². The lowest BCUT2D eigenvalue weighted by Crippen LogP contribution is -2.26. The molecule has 6 heteroatoms. The predicted octanol–water partition coefficient (Wildman–Crippen LogP) is 2.83.